The fourth-order valence-corrected chi connectivity index (χ4v) is 1.30. The molecule has 2 aromatic rings. The monoisotopic (exact) mass is 168 g/mol. The normalized spacial score (nSPS) is 9.77. The first-order chi connectivity index (χ1) is 6.31. The molecule has 0 fully saturated rings. The Bertz CT molecular complexity index is 495. The van der Waals surface area contributed by atoms with Crippen molar-refractivity contribution < 1.29 is 0 Å². The van der Waals surface area contributed by atoms with Gasteiger partial charge in [-0.15, -0.1) is 6.42 Å². The molecular formula is C11H8N2. The third kappa shape index (κ3) is 1.21. The summed E-state index contributed by atoms with van der Waals surface area (Å²) in [6.07, 6.45) is 5.34. The summed E-state index contributed by atoms with van der Waals surface area (Å²) in [5.41, 5.74) is 7.25. The van der Waals surface area contributed by atoms with Crippen molar-refractivity contribution in [2.75, 3.05) is 5.73 Å². The van der Waals surface area contributed by atoms with Gasteiger partial charge in [0.15, 0.2) is 0 Å². The summed E-state index contributed by atoms with van der Waals surface area (Å²) in [5.74, 6) is 3.12. The van der Waals surface area contributed by atoms with Gasteiger partial charge in [-0.1, -0.05) is 12.0 Å². The van der Waals surface area contributed by atoms with Gasteiger partial charge in [-0.05, 0) is 24.3 Å². The van der Waals surface area contributed by atoms with E-state index >= 15 is 0 Å². The Kier molecular flexibility index (Phi) is 1.64. The number of hydrogen-bond donors (Lipinski definition) is 1. The summed E-state index contributed by atoms with van der Waals surface area (Å²) in [7, 11) is 0. The SMILES string of the molecule is C#Cc1cccc2nc(N)ccc12. The number of nitrogen functional groups attached to an aromatic ring is 1. The smallest absolute Gasteiger partial charge is 0.124 e. The van der Waals surface area contributed by atoms with Crippen molar-refractivity contribution >= 4 is 16.7 Å². The summed E-state index contributed by atoms with van der Waals surface area (Å²) in [6, 6.07) is 9.31. The molecule has 0 spiro atoms. The van der Waals surface area contributed by atoms with Crippen LogP contribution >= 0.6 is 0 Å². The predicted octanol–water partition coefficient (Wildman–Crippen LogP) is 1.80. The molecule has 13 heavy (non-hydrogen) atoms. The average Bonchev–Trinajstić information content (AvgIpc) is 2.16. The highest BCUT2D eigenvalue weighted by molar-refractivity contribution is 5.85. The van der Waals surface area contributed by atoms with E-state index in [1.807, 2.05) is 24.3 Å². The van der Waals surface area contributed by atoms with Crippen molar-refractivity contribution in [3.63, 3.8) is 0 Å². The molecule has 2 heteroatoms. The second-order valence-corrected chi connectivity index (χ2v) is 2.75. The van der Waals surface area contributed by atoms with Crippen molar-refractivity contribution in [1.82, 2.24) is 4.98 Å². The van der Waals surface area contributed by atoms with Gasteiger partial charge in [0.25, 0.3) is 0 Å². The summed E-state index contributed by atoms with van der Waals surface area (Å²) < 4.78 is 0. The second kappa shape index (κ2) is 2.80. The number of rotatable bonds is 0. The Hall–Kier alpha value is -2.01. The predicted molar refractivity (Wildman–Crippen MR) is 54.1 cm³/mol. The first-order valence-electron chi connectivity index (χ1n) is 3.93. The van der Waals surface area contributed by atoms with Crippen LogP contribution in [0, 0.1) is 12.3 Å². The minimum Gasteiger partial charge on any atom is -0.384 e. The van der Waals surface area contributed by atoms with Crippen molar-refractivity contribution in [3.8, 4) is 12.3 Å². The number of nitrogens with zero attached hydrogens (tertiary/aromatic N) is 1. The van der Waals surface area contributed by atoms with E-state index in [1.165, 1.54) is 0 Å². The number of pyridine rings is 1. The lowest BCUT2D eigenvalue weighted by Gasteiger charge is -2.00. The van der Waals surface area contributed by atoms with E-state index in [1.54, 1.807) is 6.07 Å². The molecule has 1 heterocycles. The van der Waals surface area contributed by atoms with Crippen LogP contribution in [0.1, 0.15) is 5.56 Å². The van der Waals surface area contributed by atoms with Crippen LogP contribution in [0.3, 0.4) is 0 Å². The van der Waals surface area contributed by atoms with Crippen molar-refractivity contribution in [3.05, 3.63) is 35.9 Å². The zero-order valence-corrected chi connectivity index (χ0v) is 6.99. The van der Waals surface area contributed by atoms with E-state index in [9.17, 15) is 0 Å². The molecule has 2 N–H and O–H groups in total. The van der Waals surface area contributed by atoms with Crippen LogP contribution in [0.5, 0.6) is 0 Å². The van der Waals surface area contributed by atoms with Crippen LogP contribution in [0.2, 0.25) is 0 Å². The van der Waals surface area contributed by atoms with Crippen molar-refractivity contribution in [2.45, 2.75) is 0 Å². The summed E-state index contributed by atoms with van der Waals surface area (Å²) >= 11 is 0. The standard InChI is InChI=1S/C11H8N2/c1-2-8-4-3-5-10-9(8)6-7-11(12)13-10/h1,3-7H,(H2,12,13). The van der Waals surface area contributed by atoms with Crippen LogP contribution in [0.4, 0.5) is 5.82 Å². The van der Waals surface area contributed by atoms with Crippen LogP contribution in [-0.2, 0) is 0 Å². The Balaban J connectivity index is 2.87. The Morgan fingerprint density at radius 1 is 1.23 bits per heavy atom. The second-order valence-electron chi connectivity index (χ2n) is 2.75. The van der Waals surface area contributed by atoms with E-state index in [2.05, 4.69) is 10.9 Å². The molecule has 0 saturated heterocycles. The van der Waals surface area contributed by atoms with E-state index in [0.717, 1.165) is 16.5 Å². The van der Waals surface area contributed by atoms with Gasteiger partial charge in [0.05, 0.1) is 5.52 Å². The molecule has 0 unspecified atom stereocenters. The minimum absolute atomic E-state index is 0.515. The third-order valence-electron chi connectivity index (χ3n) is 1.91. The molecule has 1 aromatic carbocycles. The van der Waals surface area contributed by atoms with Crippen LogP contribution in [0.15, 0.2) is 30.3 Å². The molecule has 62 valence electrons. The molecule has 2 rings (SSSR count). The van der Waals surface area contributed by atoms with Crippen LogP contribution in [-0.4, -0.2) is 4.98 Å². The Labute approximate surface area is 76.4 Å². The molecule has 0 radical (unpaired) electrons. The number of anilines is 1. The fourth-order valence-electron chi connectivity index (χ4n) is 1.30. The molecule has 0 atom stereocenters. The van der Waals surface area contributed by atoms with E-state index in [-0.39, 0.29) is 0 Å². The van der Waals surface area contributed by atoms with Gasteiger partial charge >= 0.3 is 0 Å². The fraction of sp³-hybridized carbons (Fsp3) is 0. The van der Waals surface area contributed by atoms with Crippen LogP contribution < -0.4 is 5.73 Å². The maximum absolute atomic E-state index is 5.55. The van der Waals surface area contributed by atoms with Gasteiger partial charge in [-0.2, -0.15) is 0 Å². The molecule has 0 saturated carbocycles. The average molecular weight is 168 g/mol. The summed E-state index contributed by atoms with van der Waals surface area (Å²) in [5, 5.41) is 0.971. The highest BCUT2D eigenvalue weighted by Gasteiger charge is 1.98. The van der Waals surface area contributed by atoms with Gasteiger partial charge in [0, 0.05) is 10.9 Å². The molecule has 0 amide bonds. The van der Waals surface area contributed by atoms with E-state index < -0.39 is 0 Å². The number of terminal acetylenes is 1. The first-order valence-corrected chi connectivity index (χ1v) is 3.93. The van der Waals surface area contributed by atoms with Gasteiger partial charge in [0.1, 0.15) is 5.82 Å². The zero-order chi connectivity index (χ0) is 9.26. The number of benzene rings is 1. The zero-order valence-electron chi connectivity index (χ0n) is 6.99. The summed E-state index contributed by atoms with van der Waals surface area (Å²) in [4.78, 5) is 4.17. The molecule has 0 aliphatic rings. The molecule has 0 aliphatic carbocycles. The highest BCUT2D eigenvalue weighted by atomic mass is 14.8. The number of nitrogens with two attached hydrogens (primary N) is 1. The van der Waals surface area contributed by atoms with Crippen LogP contribution in [0.25, 0.3) is 10.9 Å². The lowest BCUT2D eigenvalue weighted by Crippen LogP contribution is -1.90. The maximum atomic E-state index is 5.55. The van der Waals surface area contributed by atoms with Crippen molar-refractivity contribution in [1.29, 1.82) is 0 Å². The van der Waals surface area contributed by atoms with Gasteiger partial charge < -0.3 is 5.73 Å². The largest absolute Gasteiger partial charge is 0.384 e. The summed E-state index contributed by atoms with van der Waals surface area (Å²) in [6.45, 7) is 0. The number of hydrogen-bond acceptors (Lipinski definition) is 2. The maximum Gasteiger partial charge on any atom is 0.124 e. The lowest BCUT2D eigenvalue weighted by molar-refractivity contribution is 1.41. The quantitative estimate of drug-likeness (QED) is 0.609. The first kappa shape index (κ1) is 7.63. The minimum atomic E-state index is 0.515. The van der Waals surface area contributed by atoms with Crippen molar-refractivity contribution in [2.24, 2.45) is 0 Å². The Morgan fingerprint density at radius 3 is 2.85 bits per heavy atom. The lowest BCUT2D eigenvalue weighted by atomic mass is 10.1. The van der Waals surface area contributed by atoms with Gasteiger partial charge in [-0.3, -0.25) is 0 Å². The molecular weight excluding hydrogens is 160 g/mol. The topological polar surface area (TPSA) is 38.9 Å². The third-order valence-corrected chi connectivity index (χ3v) is 1.91. The number of aromatic nitrogens is 1. The molecule has 0 bridgehead atoms. The van der Waals surface area contributed by atoms with E-state index in [4.69, 9.17) is 12.2 Å². The van der Waals surface area contributed by atoms with E-state index in [0.29, 0.717) is 5.82 Å². The molecule has 1 aromatic heterocycles. The van der Waals surface area contributed by atoms with Gasteiger partial charge in [0.2, 0.25) is 0 Å². The Morgan fingerprint density at radius 2 is 2.08 bits per heavy atom. The highest BCUT2D eigenvalue weighted by Crippen LogP contribution is 2.17. The van der Waals surface area contributed by atoms with Gasteiger partial charge in [-0.25, -0.2) is 4.98 Å². The molecule has 2 nitrogen and oxygen atoms in total. The molecule has 0 aliphatic heterocycles. The number of fused-ring (bicyclic) bond motifs is 1.